The first-order valence-electron chi connectivity index (χ1n) is 9.43. The van der Waals surface area contributed by atoms with Crippen molar-refractivity contribution in [3.8, 4) is 11.6 Å². The minimum atomic E-state index is -0.215. The summed E-state index contributed by atoms with van der Waals surface area (Å²) in [5, 5.41) is 13.6. The van der Waals surface area contributed by atoms with Crippen molar-refractivity contribution in [1.29, 1.82) is 0 Å². The van der Waals surface area contributed by atoms with Crippen LogP contribution in [0, 0.1) is 5.82 Å². The highest BCUT2D eigenvalue weighted by Gasteiger charge is 2.09. The lowest BCUT2D eigenvalue weighted by Crippen LogP contribution is -2.38. The lowest BCUT2D eigenvalue weighted by atomic mass is 10.1. The van der Waals surface area contributed by atoms with Gasteiger partial charge < -0.3 is 15.1 Å². The highest BCUT2D eigenvalue weighted by molar-refractivity contribution is 7.97. The predicted octanol–water partition coefficient (Wildman–Crippen LogP) is 3.36. The first-order valence-corrected chi connectivity index (χ1v) is 10.8. The van der Waals surface area contributed by atoms with Gasteiger partial charge in [-0.15, -0.1) is 0 Å². The average molecular weight is 417 g/mol. The molecule has 3 rings (SSSR count). The first kappa shape index (κ1) is 20.9. The van der Waals surface area contributed by atoms with Crippen molar-refractivity contribution in [3.05, 3.63) is 59.4 Å². The number of aromatic nitrogens is 3. The Hall–Kier alpha value is -2.81. The molecule has 0 radical (unpaired) electrons. The highest BCUT2D eigenvalue weighted by Crippen LogP contribution is 2.17. The molecule has 2 heterocycles. The third-order valence-corrected chi connectivity index (χ3v) is 4.75. The van der Waals surface area contributed by atoms with Crippen LogP contribution in [0.25, 0.3) is 11.6 Å². The van der Waals surface area contributed by atoms with Gasteiger partial charge in [-0.3, -0.25) is 5.10 Å². The molecule has 0 bridgehead atoms. The molecule has 3 aromatic rings. The zero-order valence-corrected chi connectivity index (χ0v) is 17.4. The Balaban J connectivity index is 1.57. The summed E-state index contributed by atoms with van der Waals surface area (Å²) >= 11 is 1.67. The summed E-state index contributed by atoms with van der Waals surface area (Å²) in [5.74, 6) is 3.20. The van der Waals surface area contributed by atoms with Crippen molar-refractivity contribution in [3.63, 3.8) is 0 Å². The maximum atomic E-state index is 13.5. The van der Waals surface area contributed by atoms with Crippen LogP contribution in [0.15, 0.2) is 46.0 Å². The number of hydrogen-bond acceptors (Lipinski definition) is 5. The molecule has 9 heteroatoms. The van der Waals surface area contributed by atoms with E-state index in [1.807, 2.05) is 19.2 Å². The minimum Gasteiger partial charge on any atom is -0.461 e. The molecule has 2 aromatic heterocycles. The van der Waals surface area contributed by atoms with Crippen LogP contribution in [0.1, 0.15) is 23.9 Å². The van der Waals surface area contributed by atoms with Crippen LogP contribution in [0.2, 0.25) is 0 Å². The Morgan fingerprint density at radius 2 is 2.17 bits per heavy atom. The fourth-order valence-corrected chi connectivity index (χ4v) is 3.35. The van der Waals surface area contributed by atoms with Gasteiger partial charge in [0.1, 0.15) is 11.6 Å². The third-order valence-electron chi connectivity index (χ3n) is 4.15. The number of benzene rings is 1. The van der Waals surface area contributed by atoms with Gasteiger partial charge in [0, 0.05) is 25.3 Å². The number of hydrogen-bond donors (Lipinski definition) is 3. The second kappa shape index (κ2) is 10.7. The van der Waals surface area contributed by atoms with E-state index in [1.165, 1.54) is 6.07 Å². The summed E-state index contributed by atoms with van der Waals surface area (Å²) in [6, 6.07) is 8.50. The van der Waals surface area contributed by atoms with Crippen LogP contribution >= 0.6 is 11.8 Å². The molecular weight excluding hydrogens is 391 g/mol. The van der Waals surface area contributed by atoms with Crippen molar-refractivity contribution in [2.45, 2.75) is 25.6 Å². The zero-order chi connectivity index (χ0) is 20.5. The topological polar surface area (TPSA) is 91.1 Å². The molecule has 0 atom stereocenters. The molecule has 7 nitrogen and oxygen atoms in total. The van der Waals surface area contributed by atoms with E-state index in [9.17, 15) is 4.39 Å². The normalized spacial score (nSPS) is 11.6. The Labute approximate surface area is 173 Å². The molecule has 1 aromatic carbocycles. The van der Waals surface area contributed by atoms with E-state index in [1.54, 1.807) is 36.2 Å². The van der Waals surface area contributed by atoms with E-state index in [2.05, 4.69) is 30.8 Å². The molecule has 0 aliphatic carbocycles. The van der Waals surface area contributed by atoms with Crippen molar-refractivity contribution in [2.24, 2.45) is 4.99 Å². The molecule has 0 aliphatic rings. The second-order valence-electron chi connectivity index (χ2n) is 6.30. The number of nitrogens with one attached hydrogen (secondary N) is 3. The summed E-state index contributed by atoms with van der Waals surface area (Å²) in [4.78, 5) is 9.07. The molecule has 0 aliphatic heterocycles. The van der Waals surface area contributed by atoms with Crippen molar-refractivity contribution in [2.75, 3.05) is 19.3 Å². The molecule has 0 fully saturated rings. The number of thioether (sulfide) groups is 1. The molecule has 0 saturated carbocycles. The average Bonchev–Trinajstić information content (AvgIpc) is 3.39. The molecular formula is C20H25FN6OS. The number of furan rings is 1. The molecule has 0 saturated heterocycles. The standard InChI is InChI=1S/C20H25FN6OS/c1-3-22-20(24-12-14-6-7-16(21)11-15(14)13-29-2)23-9-8-18-25-19(27-26-18)17-5-4-10-28-17/h4-7,10-11H,3,8-9,12-13H2,1-2H3,(H2,22,23,24)(H,25,26,27). The van der Waals surface area contributed by atoms with E-state index in [0.717, 1.165) is 29.2 Å². The molecule has 29 heavy (non-hydrogen) atoms. The van der Waals surface area contributed by atoms with Crippen molar-refractivity contribution >= 4 is 17.7 Å². The van der Waals surface area contributed by atoms with Crippen molar-refractivity contribution in [1.82, 2.24) is 25.8 Å². The SMILES string of the molecule is CCNC(=NCc1ccc(F)cc1CSC)NCCc1nc(-c2ccco2)n[nH]1. The number of H-pyrrole nitrogens is 1. The van der Waals surface area contributed by atoms with Crippen LogP contribution in [0.5, 0.6) is 0 Å². The zero-order valence-electron chi connectivity index (χ0n) is 16.5. The maximum Gasteiger partial charge on any atom is 0.216 e. The van der Waals surface area contributed by atoms with Crippen LogP contribution in [-0.2, 0) is 18.7 Å². The van der Waals surface area contributed by atoms with Gasteiger partial charge in [-0.25, -0.2) is 14.4 Å². The first-order chi connectivity index (χ1) is 14.2. The van der Waals surface area contributed by atoms with Gasteiger partial charge in [0.15, 0.2) is 11.7 Å². The van der Waals surface area contributed by atoms with E-state index in [-0.39, 0.29) is 5.82 Å². The Kier molecular flexibility index (Phi) is 7.69. The van der Waals surface area contributed by atoms with Gasteiger partial charge in [-0.2, -0.15) is 16.9 Å². The largest absolute Gasteiger partial charge is 0.461 e. The Bertz CT molecular complexity index is 925. The number of guanidine groups is 1. The highest BCUT2D eigenvalue weighted by atomic mass is 32.2. The molecule has 0 unspecified atom stereocenters. The summed E-state index contributed by atoms with van der Waals surface area (Å²) in [7, 11) is 0. The van der Waals surface area contributed by atoms with E-state index in [4.69, 9.17) is 4.42 Å². The molecule has 0 spiro atoms. The molecule has 154 valence electrons. The lowest BCUT2D eigenvalue weighted by Gasteiger charge is -2.12. The van der Waals surface area contributed by atoms with Crippen LogP contribution < -0.4 is 10.6 Å². The monoisotopic (exact) mass is 416 g/mol. The van der Waals surface area contributed by atoms with Crippen LogP contribution in [-0.4, -0.2) is 40.5 Å². The fourth-order valence-electron chi connectivity index (χ4n) is 2.77. The minimum absolute atomic E-state index is 0.215. The number of rotatable bonds is 9. The van der Waals surface area contributed by atoms with Crippen LogP contribution in [0.4, 0.5) is 4.39 Å². The number of aromatic amines is 1. The van der Waals surface area contributed by atoms with Gasteiger partial charge in [-0.05, 0) is 48.6 Å². The van der Waals surface area contributed by atoms with Gasteiger partial charge in [-0.1, -0.05) is 6.07 Å². The third kappa shape index (κ3) is 6.08. The van der Waals surface area contributed by atoms with E-state index < -0.39 is 0 Å². The predicted molar refractivity (Wildman–Crippen MR) is 114 cm³/mol. The van der Waals surface area contributed by atoms with Gasteiger partial charge in [0.25, 0.3) is 0 Å². The summed E-state index contributed by atoms with van der Waals surface area (Å²) in [5.41, 5.74) is 2.00. The maximum absolute atomic E-state index is 13.5. The van der Waals surface area contributed by atoms with Crippen LogP contribution in [0.3, 0.4) is 0 Å². The number of halogens is 1. The lowest BCUT2D eigenvalue weighted by molar-refractivity contribution is 0.577. The van der Waals surface area contributed by atoms with E-state index in [0.29, 0.717) is 37.1 Å². The van der Waals surface area contributed by atoms with Gasteiger partial charge in [0.05, 0.1) is 12.8 Å². The Morgan fingerprint density at radius 3 is 2.93 bits per heavy atom. The number of aliphatic imine (C=N–C) groups is 1. The van der Waals surface area contributed by atoms with E-state index >= 15 is 0 Å². The summed E-state index contributed by atoms with van der Waals surface area (Å²) < 4.78 is 18.8. The fraction of sp³-hybridized carbons (Fsp3) is 0.350. The van der Waals surface area contributed by atoms with Gasteiger partial charge in [0.2, 0.25) is 5.82 Å². The summed E-state index contributed by atoms with van der Waals surface area (Å²) in [6.45, 7) is 3.88. The van der Waals surface area contributed by atoms with Gasteiger partial charge >= 0.3 is 0 Å². The second-order valence-corrected chi connectivity index (χ2v) is 7.17. The van der Waals surface area contributed by atoms with Crippen molar-refractivity contribution < 1.29 is 8.81 Å². The Morgan fingerprint density at radius 1 is 1.28 bits per heavy atom. The summed E-state index contributed by atoms with van der Waals surface area (Å²) in [6.07, 6.45) is 4.26. The quantitative estimate of drug-likeness (QED) is 0.366. The smallest absolute Gasteiger partial charge is 0.216 e. The molecule has 3 N–H and O–H groups in total. The molecule has 0 amide bonds. The number of nitrogens with zero attached hydrogens (tertiary/aromatic N) is 3.